The summed E-state index contributed by atoms with van der Waals surface area (Å²) in [7, 11) is 0. The van der Waals surface area contributed by atoms with E-state index in [1.165, 1.54) is 0 Å². The highest BCUT2D eigenvalue weighted by Gasteiger charge is 2.33. The second-order valence-corrected chi connectivity index (χ2v) is 3.42. The van der Waals surface area contributed by atoms with Crippen LogP contribution >= 0.6 is 0 Å². The quantitative estimate of drug-likeness (QED) is 0.827. The highest BCUT2D eigenvalue weighted by Crippen LogP contribution is 2.34. The zero-order valence-electron chi connectivity index (χ0n) is 7.71. The van der Waals surface area contributed by atoms with E-state index in [1.807, 2.05) is 0 Å². The number of hydrogen-bond acceptors (Lipinski definition) is 3. The van der Waals surface area contributed by atoms with Crippen molar-refractivity contribution in [3.8, 4) is 5.75 Å². The average molecular weight is 218 g/mol. The SMILES string of the molecule is Nc1cc(C(F)(F)F)ncc1OC1CC1. The summed E-state index contributed by atoms with van der Waals surface area (Å²) >= 11 is 0. The van der Waals surface area contributed by atoms with Crippen LogP contribution in [0.2, 0.25) is 0 Å². The topological polar surface area (TPSA) is 48.1 Å². The largest absolute Gasteiger partial charge is 0.487 e. The van der Waals surface area contributed by atoms with Crippen LogP contribution in [0.4, 0.5) is 18.9 Å². The van der Waals surface area contributed by atoms with E-state index in [0.29, 0.717) is 0 Å². The maximum Gasteiger partial charge on any atom is 0.433 e. The molecule has 0 radical (unpaired) electrons. The van der Waals surface area contributed by atoms with Crippen LogP contribution in [0.15, 0.2) is 12.3 Å². The molecule has 1 aliphatic rings. The van der Waals surface area contributed by atoms with Gasteiger partial charge in [0.15, 0.2) is 5.75 Å². The van der Waals surface area contributed by atoms with Crippen LogP contribution in [-0.2, 0) is 6.18 Å². The number of rotatable bonds is 2. The first kappa shape index (κ1) is 10.1. The molecule has 3 nitrogen and oxygen atoms in total. The van der Waals surface area contributed by atoms with Crippen LogP contribution in [0.3, 0.4) is 0 Å². The van der Waals surface area contributed by atoms with Crippen LogP contribution in [0.1, 0.15) is 18.5 Å². The monoisotopic (exact) mass is 218 g/mol. The van der Waals surface area contributed by atoms with Gasteiger partial charge in [0.05, 0.1) is 18.0 Å². The number of hydrogen-bond donors (Lipinski definition) is 1. The number of nitrogens with zero attached hydrogens (tertiary/aromatic N) is 1. The molecule has 0 unspecified atom stereocenters. The Hall–Kier alpha value is -1.46. The molecule has 0 atom stereocenters. The molecule has 6 heteroatoms. The van der Waals surface area contributed by atoms with Gasteiger partial charge < -0.3 is 10.5 Å². The molecule has 1 saturated carbocycles. The standard InChI is InChI=1S/C9H9F3N2O/c10-9(11,12)8-3-6(13)7(4-14-8)15-5-1-2-5/h3-5H,1-2H2,(H2,13,14). The van der Waals surface area contributed by atoms with Crippen molar-refractivity contribution in [3.63, 3.8) is 0 Å². The lowest BCUT2D eigenvalue weighted by atomic mass is 10.3. The van der Waals surface area contributed by atoms with Gasteiger partial charge in [-0.25, -0.2) is 4.98 Å². The minimum absolute atomic E-state index is 0.0239. The van der Waals surface area contributed by atoms with Gasteiger partial charge >= 0.3 is 6.18 Å². The molecule has 0 aromatic carbocycles. The van der Waals surface area contributed by atoms with E-state index in [9.17, 15) is 13.2 Å². The minimum atomic E-state index is -4.47. The molecule has 1 heterocycles. The Morgan fingerprint density at radius 2 is 2.07 bits per heavy atom. The summed E-state index contributed by atoms with van der Waals surface area (Å²) in [5.74, 6) is 0.227. The third kappa shape index (κ3) is 2.31. The van der Waals surface area contributed by atoms with Crippen LogP contribution in [0.25, 0.3) is 0 Å². The summed E-state index contributed by atoms with van der Waals surface area (Å²) in [4.78, 5) is 3.26. The molecule has 82 valence electrons. The molecule has 0 bridgehead atoms. The van der Waals surface area contributed by atoms with E-state index in [2.05, 4.69) is 4.98 Å². The maximum atomic E-state index is 12.2. The van der Waals surface area contributed by atoms with Crippen LogP contribution in [-0.4, -0.2) is 11.1 Å². The van der Waals surface area contributed by atoms with Crippen molar-refractivity contribution in [2.75, 3.05) is 5.73 Å². The van der Waals surface area contributed by atoms with Gasteiger partial charge in [-0.1, -0.05) is 0 Å². The zero-order chi connectivity index (χ0) is 11.1. The second kappa shape index (κ2) is 3.29. The van der Waals surface area contributed by atoms with Gasteiger partial charge in [-0.2, -0.15) is 13.2 Å². The maximum absolute atomic E-state index is 12.2. The van der Waals surface area contributed by atoms with E-state index in [0.717, 1.165) is 25.1 Å². The number of ether oxygens (including phenoxy) is 1. The van der Waals surface area contributed by atoms with Gasteiger partial charge in [-0.05, 0) is 18.9 Å². The number of nitrogens with two attached hydrogens (primary N) is 1. The Labute approximate surface area is 84.1 Å². The average Bonchev–Trinajstić information content (AvgIpc) is 2.90. The van der Waals surface area contributed by atoms with Gasteiger partial charge in [0, 0.05) is 0 Å². The van der Waals surface area contributed by atoms with Crippen molar-refractivity contribution in [1.29, 1.82) is 0 Å². The normalized spacial score (nSPS) is 16.5. The fourth-order valence-corrected chi connectivity index (χ4v) is 1.08. The van der Waals surface area contributed by atoms with Crippen molar-refractivity contribution in [3.05, 3.63) is 18.0 Å². The third-order valence-electron chi connectivity index (χ3n) is 2.01. The Kier molecular flexibility index (Phi) is 2.21. The number of anilines is 1. The van der Waals surface area contributed by atoms with Gasteiger partial charge in [-0.15, -0.1) is 0 Å². The Balaban J connectivity index is 2.21. The number of aromatic nitrogens is 1. The van der Waals surface area contributed by atoms with Gasteiger partial charge in [0.1, 0.15) is 5.69 Å². The minimum Gasteiger partial charge on any atom is -0.487 e. The summed E-state index contributed by atoms with van der Waals surface area (Å²) in [6, 6.07) is 0.789. The molecule has 1 aromatic heterocycles. The highest BCUT2D eigenvalue weighted by atomic mass is 19.4. The fourth-order valence-electron chi connectivity index (χ4n) is 1.08. The zero-order valence-corrected chi connectivity index (χ0v) is 7.71. The number of nitrogen functional groups attached to an aromatic ring is 1. The molecule has 1 aromatic rings. The van der Waals surface area contributed by atoms with E-state index in [1.54, 1.807) is 0 Å². The van der Waals surface area contributed by atoms with Gasteiger partial charge in [0.2, 0.25) is 0 Å². The number of alkyl halides is 3. The van der Waals surface area contributed by atoms with Gasteiger partial charge in [-0.3, -0.25) is 0 Å². The second-order valence-electron chi connectivity index (χ2n) is 3.42. The molecule has 0 amide bonds. The first-order valence-corrected chi connectivity index (χ1v) is 4.46. The van der Waals surface area contributed by atoms with E-state index in [4.69, 9.17) is 10.5 Å². The molecular weight excluding hydrogens is 209 g/mol. The summed E-state index contributed by atoms with van der Waals surface area (Å²) in [6.45, 7) is 0. The molecule has 0 aliphatic heterocycles. The number of pyridine rings is 1. The molecule has 15 heavy (non-hydrogen) atoms. The van der Waals surface area contributed by atoms with Crippen LogP contribution in [0.5, 0.6) is 5.75 Å². The molecule has 1 aliphatic carbocycles. The molecule has 1 fully saturated rings. The number of halogens is 3. The van der Waals surface area contributed by atoms with E-state index in [-0.39, 0.29) is 17.5 Å². The Morgan fingerprint density at radius 1 is 1.40 bits per heavy atom. The Morgan fingerprint density at radius 3 is 2.53 bits per heavy atom. The predicted molar refractivity (Wildman–Crippen MR) is 47.3 cm³/mol. The van der Waals surface area contributed by atoms with Crippen molar-refractivity contribution in [2.24, 2.45) is 0 Å². The van der Waals surface area contributed by atoms with E-state index < -0.39 is 11.9 Å². The van der Waals surface area contributed by atoms with E-state index >= 15 is 0 Å². The smallest absolute Gasteiger partial charge is 0.433 e. The summed E-state index contributed by atoms with van der Waals surface area (Å²) in [5, 5.41) is 0. The van der Waals surface area contributed by atoms with Crippen molar-refractivity contribution < 1.29 is 17.9 Å². The summed E-state index contributed by atoms with van der Waals surface area (Å²) in [5.41, 5.74) is 4.41. The van der Waals surface area contributed by atoms with Crippen molar-refractivity contribution in [1.82, 2.24) is 4.98 Å². The molecule has 2 rings (SSSR count). The lowest BCUT2D eigenvalue weighted by molar-refractivity contribution is -0.141. The van der Waals surface area contributed by atoms with Crippen molar-refractivity contribution in [2.45, 2.75) is 25.1 Å². The first-order chi connectivity index (χ1) is 6.97. The van der Waals surface area contributed by atoms with Crippen molar-refractivity contribution >= 4 is 5.69 Å². The fraction of sp³-hybridized carbons (Fsp3) is 0.444. The molecular formula is C9H9F3N2O. The first-order valence-electron chi connectivity index (χ1n) is 4.46. The lowest BCUT2D eigenvalue weighted by Gasteiger charge is -2.10. The predicted octanol–water partition coefficient (Wildman–Crippen LogP) is 2.22. The Bertz CT molecular complexity index is 374. The highest BCUT2D eigenvalue weighted by molar-refractivity contribution is 5.52. The summed E-state index contributed by atoms with van der Waals surface area (Å²) in [6.07, 6.45) is -1.52. The molecule has 0 spiro atoms. The van der Waals surface area contributed by atoms with Gasteiger partial charge in [0.25, 0.3) is 0 Å². The summed E-state index contributed by atoms with van der Waals surface area (Å²) < 4.78 is 41.9. The van der Waals surface area contributed by atoms with Crippen LogP contribution in [0, 0.1) is 0 Å². The molecule has 0 saturated heterocycles. The lowest BCUT2D eigenvalue weighted by Crippen LogP contribution is -2.09. The third-order valence-corrected chi connectivity index (χ3v) is 2.01. The van der Waals surface area contributed by atoms with Crippen LogP contribution < -0.4 is 10.5 Å². The molecule has 2 N–H and O–H groups in total.